The van der Waals surface area contributed by atoms with Gasteiger partial charge < -0.3 is 20.5 Å². The molecule has 5 heteroatoms. The summed E-state index contributed by atoms with van der Waals surface area (Å²) in [7, 11) is 1.35. The lowest BCUT2D eigenvalue weighted by Crippen LogP contribution is -2.38. The fourth-order valence-electron chi connectivity index (χ4n) is 2.75. The number of nitrogen functional groups attached to an aromatic ring is 1. The van der Waals surface area contributed by atoms with Crippen molar-refractivity contribution < 1.29 is 14.6 Å². The fourth-order valence-corrected chi connectivity index (χ4v) is 2.75. The van der Waals surface area contributed by atoms with E-state index >= 15 is 0 Å². The summed E-state index contributed by atoms with van der Waals surface area (Å²) in [6, 6.07) is 5.30. The van der Waals surface area contributed by atoms with Crippen LogP contribution in [0.5, 0.6) is 0 Å². The SMILES string of the molecule is COC(=O)c1ccc(N2CCCCCC2CO)c(N)c1. The number of aliphatic hydroxyl groups excluding tert-OH is 1. The Morgan fingerprint density at radius 3 is 2.90 bits per heavy atom. The van der Waals surface area contributed by atoms with E-state index in [4.69, 9.17) is 10.5 Å². The van der Waals surface area contributed by atoms with Crippen LogP contribution in [0.3, 0.4) is 0 Å². The van der Waals surface area contributed by atoms with Crippen LogP contribution >= 0.6 is 0 Å². The second-order valence-electron chi connectivity index (χ2n) is 5.14. The number of benzene rings is 1. The molecule has 5 nitrogen and oxygen atoms in total. The molecule has 1 unspecified atom stereocenters. The molecule has 1 aliphatic heterocycles. The molecule has 2 rings (SSSR count). The van der Waals surface area contributed by atoms with Gasteiger partial charge in [0.15, 0.2) is 0 Å². The monoisotopic (exact) mass is 278 g/mol. The highest BCUT2D eigenvalue weighted by molar-refractivity contribution is 5.92. The van der Waals surface area contributed by atoms with E-state index in [0.29, 0.717) is 11.3 Å². The lowest BCUT2D eigenvalue weighted by atomic mass is 10.1. The van der Waals surface area contributed by atoms with Crippen LogP contribution in [0.1, 0.15) is 36.0 Å². The summed E-state index contributed by atoms with van der Waals surface area (Å²) in [5, 5.41) is 9.56. The number of hydrogen-bond acceptors (Lipinski definition) is 5. The summed E-state index contributed by atoms with van der Waals surface area (Å²) >= 11 is 0. The third kappa shape index (κ3) is 3.04. The van der Waals surface area contributed by atoms with Crippen molar-refractivity contribution in [3.8, 4) is 0 Å². The number of esters is 1. The van der Waals surface area contributed by atoms with Crippen LogP contribution in [0.25, 0.3) is 0 Å². The van der Waals surface area contributed by atoms with Crippen molar-refractivity contribution in [2.45, 2.75) is 31.7 Å². The minimum atomic E-state index is -0.391. The summed E-state index contributed by atoms with van der Waals surface area (Å²) < 4.78 is 4.69. The van der Waals surface area contributed by atoms with E-state index in [2.05, 4.69) is 4.90 Å². The molecule has 110 valence electrons. The Labute approximate surface area is 119 Å². The normalized spacial score (nSPS) is 19.5. The maximum absolute atomic E-state index is 11.5. The van der Waals surface area contributed by atoms with Crippen LogP contribution in [0, 0.1) is 0 Å². The van der Waals surface area contributed by atoms with Gasteiger partial charge in [-0.2, -0.15) is 0 Å². The molecule has 1 saturated heterocycles. The Morgan fingerprint density at radius 2 is 2.25 bits per heavy atom. The van der Waals surface area contributed by atoms with Gasteiger partial charge in [-0.25, -0.2) is 4.79 Å². The first kappa shape index (κ1) is 14.7. The minimum Gasteiger partial charge on any atom is -0.465 e. The predicted octanol–water partition coefficient (Wildman–Crippen LogP) is 1.80. The van der Waals surface area contributed by atoms with Crippen LogP contribution in [0.15, 0.2) is 18.2 Å². The summed E-state index contributed by atoms with van der Waals surface area (Å²) in [4.78, 5) is 13.7. The zero-order valence-corrected chi connectivity index (χ0v) is 11.8. The van der Waals surface area contributed by atoms with Crippen molar-refractivity contribution >= 4 is 17.3 Å². The van der Waals surface area contributed by atoms with Crippen molar-refractivity contribution in [2.24, 2.45) is 0 Å². The standard InChI is InChI=1S/C15H22N2O3/c1-20-15(19)11-6-7-14(13(16)9-11)17-8-4-2-3-5-12(17)10-18/h6-7,9,12,18H,2-5,8,10,16H2,1H3. The van der Waals surface area contributed by atoms with E-state index in [9.17, 15) is 9.90 Å². The lowest BCUT2D eigenvalue weighted by Gasteiger charge is -2.32. The molecule has 20 heavy (non-hydrogen) atoms. The number of hydrogen-bond donors (Lipinski definition) is 2. The summed E-state index contributed by atoms with van der Waals surface area (Å²) in [5.74, 6) is -0.391. The van der Waals surface area contributed by atoms with Gasteiger partial charge in [0.25, 0.3) is 0 Å². The molecule has 1 aromatic rings. The number of carbonyl (C=O) groups excluding carboxylic acids is 1. The highest BCUT2D eigenvalue weighted by Crippen LogP contribution is 2.30. The Hall–Kier alpha value is -1.75. The molecule has 1 fully saturated rings. The van der Waals surface area contributed by atoms with Crippen molar-refractivity contribution in [1.29, 1.82) is 0 Å². The molecule has 0 radical (unpaired) electrons. The molecule has 0 aromatic heterocycles. The van der Waals surface area contributed by atoms with Gasteiger partial charge in [-0.05, 0) is 31.0 Å². The molecule has 1 aromatic carbocycles. The van der Waals surface area contributed by atoms with Crippen LogP contribution in [0.4, 0.5) is 11.4 Å². The minimum absolute atomic E-state index is 0.101. The van der Waals surface area contributed by atoms with Crippen LogP contribution in [-0.2, 0) is 4.74 Å². The molecule has 0 saturated carbocycles. The number of methoxy groups -OCH3 is 1. The zero-order chi connectivity index (χ0) is 14.5. The molecule has 0 aliphatic carbocycles. The Bertz CT molecular complexity index is 476. The fraction of sp³-hybridized carbons (Fsp3) is 0.533. The van der Waals surface area contributed by atoms with E-state index in [1.807, 2.05) is 6.07 Å². The van der Waals surface area contributed by atoms with Crippen molar-refractivity contribution in [2.75, 3.05) is 30.9 Å². The van der Waals surface area contributed by atoms with Gasteiger partial charge in [0.2, 0.25) is 0 Å². The first-order valence-electron chi connectivity index (χ1n) is 7.02. The Balaban J connectivity index is 2.28. The van der Waals surface area contributed by atoms with Crippen LogP contribution in [-0.4, -0.2) is 37.4 Å². The molecule has 0 amide bonds. The van der Waals surface area contributed by atoms with Gasteiger partial charge in [0, 0.05) is 6.54 Å². The quantitative estimate of drug-likeness (QED) is 0.651. The van der Waals surface area contributed by atoms with E-state index < -0.39 is 5.97 Å². The Morgan fingerprint density at radius 1 is 1.45 bits per heavy atom. The highest BCUT2D eigenvalue weighted by Gasteiger charge is 2.22. The van der Waals surface area contributed by atoms with Gasteiger partial charge >= 0.3 is 5.97 Å². The van der Waals surface area contributed by atoms with Gasteiger partial charge in [-0.3, -0.25) is 0 Å². The second kappa shape index (κ2) is 6.61. The first-order chi connectivity index (χ1) is 9.67. The van der Waals surface area contributed by atoms with Gasteiger partial charge in [0.05, 0.1) is 36.7 Å². The molecular formula is C15H22N2O3. The molecule has 1 atom stereocenters. The van der Waals surface area contributed by atoms with Crippen molar-refractivity contribution in [3.63, 3.8) is 0 Å². The molecule has 1 aliphatic rings. The van der Waals surface area contributed by atoms with E-state index in [1.54, 1.807) is 12.1 Å². The maximum atomic E-state index is 11.5. The second-order valence-corrected chi connectivity index (χ2v) is 5.14. The van der Waals surface area contributed by atoms with E-state index in [-0.39, 0.29) is 12.6 Å². The van der Waals surface area contributed by atoms with Gasteiger partial charge in [0.1, 0.15) is 0 Å². The van der Waals surface area contributed by atoms with Gasteiger partial charge in [-0.15, -0.1) is 0 Å². The average molecular weight is 278 g/mol. The third-order valence-electron chi connectivity index (χ3n) is 3.85. The maximum Gasteiger partial charge on any atom is 0.337 e. The molecular weight excluding hydrogens is 256 g/mol. The number of nitrogens with zero attached hydrogens (tertiary/aromatic N) is 1. The predicted molar refractivity (Wildman–Crippen MR) is 78.9 cm³/mol. The molecule has 0 bridgehead atoms. The Kier molecular flexibility index (Phi) is 4.84. The molecule has 0 spiro atoms. The number of carbonyl (C=O) groups is 1. The molecule has 3 N–H and O–H groups in total. The van der Waals surface area contributed by atoms with E-state index in [1.165, 1.54) is 13.5 Å². The average Bonchev–Trinajstić information content (AvgIpc) is 2.71. The highest BCUT2D eigenvalue weighted by atomic mass is 16.5. The summed E-state index contributed by atoms with van der Waals surface area (Å²) in [6.07, 6.45) is 4.36. The van der Waals surface area contributed by atoms with Crippen molar-refractivity contribution in [3.05, 3.63) is 23.8 Å². The topological polar surface area (TPSA) is 75.8 Å². The number of nitrogens with two attached hydrogens (primary N) is 1. The number of anilines is 2. The largest absolute Gasteiger partial charge is 0.465 e. The molecule has 1 heterocycles. The number of ether oxygens (including phenoxy) is 1. The zero-order valence-electron chi connectivity index (χ0n) is 11.8. The number of rotatable bonds is 3. The first-order valence-corrected chi connectivity index (χ1v) is 7.02. The van der Waals surface area contributed by atoms with Crippen LogP contribution < -0.4 is 10.6 Å². The third-order valence-corrected chi connectivity index (χ3v) is 3.85. The summed E-state index contributed by atoms with van der Waals surface area (Å²) in [6.45, 7) is 1.01. The van der Waals surface area contributed by atoms with Gasteiger partial charge in [-0.1, -0.05) is 12.8 Å². The summed E-state index contributed by atoms with van der Waals surface area (Å²) in [5.41, 5.74) is 7.97. The number of aliphatic hydroxyl groups is 1. The smallest absolute Gasteiger partial charge is 0.337 e. The lowest BCUT2D eigenvalue weighted by molar-refractivity contribution is 0.0601. The van der Waals surface area contributed by atoms with Crippen molar-refractivity contribution in [1.82, 2.24) is 0 Å². The van der Waals surface area contributed by atoms with Crippen LogP contribution in [0.2, 0.25) is 0 Å². The van der Waals surface area contributed by atoms with E-state index in [0.717, 1.165) is 31.5 Å².